The molecular formula is C12H10N4. The van der Waals surface area contributed by atoms with Crippen LogP contribution in [-0.4, -0.2) is 15.0 Å². The molecule has 2 heterocycles. The fourth-order valence-corrected chi connectivity index (χ4v) is 1.44. The molecule has 0 saturated heterocycles. The van der Waals surface area contributed by atoms with Gasteiger partial charge in [-0.05, 0) is 18.6 Å². The highest BCUT2D eigenvalue weighted by Crippen LogP contribution is 2.17. The number of hydrogen-bond donors (Lipinski definition) is 0. The lowest BCUT2D eigenvalue weighted by atomic mass is 10.1. The lowest BCUT2D eigenvalue weighted by Crippen LogP contribution is -1.96. The van der Waals surface area contributed by atoms with Gasteiger partial charge in [-0.15, -0.1) is 0 Å². The second-order valence-corrected chi connectivity index (χ2v) is 3.25. The van der Waals surface area contributed by atoms with Crippen LogP contribution >= 0.6 is 0 Å². The highest BCUT2D eigenvalue weighted by atomic mass is 14.8. The maximum atomic E-state index is 8.68. The van der Waals surface area contributed by atoms with E-state index in [1.54, 1.807) is 30.7 Å². The van der Waals surface area contributed by atoms with Crippen molar-refractivity contribution in [1.29, 1.82) is 5.26 Å². The van der Waals surface area contributed by atoms with E-state index in [0.717, 1.165) is 23.5 Å². The molecule has 0 aromatic carbocycles. The maximum absolute atomic E-state index is 8.68. The first kappa shape index (κ1) is 10.2. The van der Waals surface area contributed by atoms with Gasteiger partial charge in [-0.2, -0.15) is 5.26 Å². The first-order valence-corrected chi connectivity index (χ1v) is 5.01. The van der Waals surface area contributed by atoms with E-state index in [9.17, 15) is 0 Å². The van der Waals surface area contributed by atoms with Crippen molar-refractivity contribution in [3.8, 4) is 17.5 Å². The lowest BCUT2D eigenvalue weighted by molar-refractivity contribution is 0.999. The normalized spacial score (nSPS) is 9.75. The van der Waals surface area contributed by atoms with Gasteiger partial charge in [-0.3, -0.25) is 15.0 Å². The summed E-state index contributed by atoms with van der Waals surface area (Å²) in [5.41, 5.74) is 3.00. The summed E-state index contributed by atoms with van der Waals surface area (Å²) in [6.45, 7) is 2.02. The second kappa shape index (κ2) is 4.49. The zero-order valence-corrected chi connectivity index (χ0v) is 8.88. The van der Waals surface area contributed by atoms with E-state index >= 15 is 0 Å². The number of aromatic nitrogens is 3. The summed E-state index contributed by atoms with van der Waals surface area (Å²) in [5.74, 6) is 0. The van der Waals surface area contributed by atoms with Crippen LogP contribution in [0.2, 0.25) is 0 Å². The molecule has 78 valence electrons. The molecule has 2 aromatic rings. The van der Waals surface area contributed by atoms with Gasteiger partial charge >= 0.3 is 0 Å². The van der Waals surface area contributed by atoms with Gasteiger partial charge in [0, 0.05) is 18.6 Å². The third-order valence-corrected chi connectivity index (χ3v) is 2.24. The van der Waals surface area contributed by atoms with E-state index in [2.05, 4.69) is 15.0 Å². The quantitative estimate of drug-likeness (QED) is 0.760. The molecule has 16 heavy (non-hydrogen) atoms. The summed E-state index contributed by atoms with van der Waals surface area (Å²) in [6, 6.07) is 5.56. The Morgan fingerprint density at radius 1 is 1.19 bits per heavy atom. The molecule has 2 rings (SSSR count). The van der Waals surface area contributed by atoms with Crippen LogP contribution in [0.1, 0.15) is 18.2 Å². The molecule has 0 radical (unpaired) electrons. The summed E-state index contributed by atoms with van der Waals surface area (Å²) in [7, 11) is 0. The highest BCUT2D eigenvalue weighted by molar-refractivity contribution is 5.57. The number of nitrogens with zero attached hydrogens (tertiary/aromatic N) is 4. The van der Waals surface area contributed by atoms with Gasteiger partial charge < -0.3 is 0 Å². The highest BCUT2D eigenvalue weighted by Gasteiger charge is 2.06. The van der Waals surface area contributed by atoms with Crippen LogP contribution < -0.4 is 0 Å². The van der Waals surface area contributed by atoms with Gasteiger partial charge in [0.2, 0.25) is 0 Å². The van der Waals surface area contributed by atoms with Gasteiger partial charge in [0.1, 0.15) is 11.8 Å². The molecule has 0 fully saturated rings. The fraction of sp³-hybridized carbons (Fsp3) is 0.167. The van der Waals surface area contributed by atoms with Crippen LogP contribution in [0.5, 0.6) is 0 Å². The van der Waals surface area contributed by atoms with Crippen molar-refractivity contribution < 1.29 is 0 Å². The van der Waals surface area contributed by atoms with Crippen molar-refractivity contribution in [2.75, 3.05) is 0 Å². The Balaban J connectivity index is 2.47. The molecule has 0 aliphatic rings. The first-order valence-electron chi connectivity index (χ1n) is 5.01. The minimum absolute atomic E-state index is 0.547. The Hall–Kier alpha value is -2.28. The van der Waals surface area contributed by atoms with Crippen LogP contribution in [0.15, 0.2) is 30.7 Å². The fourth-order valence-electron chi connectivity index (χ4n) is 1.44. The van der Waals surface area contributed by atoms with Crippen molar-refractivity contribution >= 4 is 0 Å². The molecule has 0 unspecified atom stereocenters. The van der Waals surface area contributed by atoms with E-state index < -0.39 is 0 Å². The van der Waals surface area contributed by atoms with Crippen molar-refractivity contribution in [1.82, 2.24) is 15.0 Å². The summed E-state index contributed by atoms with van der Waals surface area (Å²) in [5, 5.41) is 8.68. The van der Waals surface area contributed by atoms with E-state index in [1.807, 2.05) is 13.0 Å². The van der Waals surface area contributed by atoms with Crippen LogP contribution in [0.3, 0.4) is 0 Å². The lowest BCUT2D eigenvalue weighted by Gasteiger charge is -2.04. The minimum atomic E-state index is 0.547. The molecule has 0 bridgehead atoms. The Labute approximate surface area is 93.6 Å². The molecule has 0 amide bonds. The molecule has 4 heteroatoms. The van der Waals surface area contributed by atoms with Crippen molar-refractivity contribution in [3.05, 3.63) is 42.0 Å². The van der Waals surface area contributed by atoms with E-state index in [1.165, 1.54) is 0 Å². The standard InChI is InChI=1S/C12H10N4/c1-2-10-12(15-6-5-14-10)11-4-3-9(7-13)8-16-11/h3-6,8H,2H2,1H3. The molecule has 0 N–H and O–H groups in total. The van der Waals surface area contributed by atoms with Gasteiger partial charge in [0.25, 0.3) is 0 Å². The molecule has 0 aliphatic carbocycles. The number of nitriles is 1. The van der Waals surface area contributed by atoms with Crippen LogP contribution in [-0.2, 0) is 6.42 Å². The van der Waals surface area contributed by atoms with Crippen LogP contribution in [0.4, 0.5) is 0 Å². The average Bonchev–Trinajstić information content (AvgIpc) is 2.39. The maximum Gasteiger partial charge on any atom is 0.110 e. The molecule has 4 nitrogen and oxygen atoms in total. The number of aryl methyl sites for hydroxylation is 1. The van der Waals surface area contributed by atoms with Gasteiger partial charge in [0.15, 0.2) is 0 Å². The number of rotatable bonds is 2. The number of pyridine rings is 1. The molecule has 0 aliphatic heterocycles. The smallest absolute Gasteiger partial charge is 0.110 e. The van der Waals surface area contributed by atoms with Crippen LogP contribution in [0.25, 0.3) is 11.4 Å². The summed E-state index contributed by atoms with van der Waals surface area (Å²) in [4.78, 5) is 12.7. The monoisotopic (exact) mass is 210 g/mol. The Morgan fingerprint density at radius 3 is 2.62 bits per heavy atom. The van der Waals surface area contributed by atoms with Crippen LogP contribution in [0, 0.1) is 11.3 Å². The van der Waals surface area contributed by atoms with Crippen molar-refractivity contribution in [3.63, 3.8) is 0 Å². The second-order valence-electron chi connectivity index (χ2n) is 3.25. The Bertz CT molecular complexity index is 525. The first-order chi connectivity index (χ1) is 7.85. The summed E-state index contributed by atoms with van der Waals surface area (Å²) >= 11 is 0. The molecule has 0 saturated carbocycles. The van der Waals surface area contributed by atoms with E-state index in [0.29, 0.717) is 5.56 Å². The SMILES string of the molecule is CCc1nccnc1-c1ccc(C#N)cn1. The van der Waals surface area contributed by atoms with Gasteiger partial charge in [-0.25, -0.2) is 0 Å². The summed E-state index contributed by atoms with van der Waals surface area (Å²) < 4.78 is 0. The zero-order valence-electron chi connectivity index (χ0n) is 8.88. The van der Waals surface area contributed by atoms with Gasteiger partial charge in [0.05, 0.1) is 17.0 Å². The Kier molecular flexibility index (Phi) is 2.88. The molecular weight excluding hydrogens is 200 g/mol. The third kappa shape index (κ3) is 1.89. The number of hydrogen-bond acceptors (Lipinski definition) is 4. The predicted octanol–water partition coefficient (Wildman–Crippen LogP) is 1.97. The average molecular weight is 210 g/mol. The van der Waals surface area contributed by atoms with E-state index in [-0.39, 0.29) is 0 Å². The third-order valence-electron chi connectivity index (χ3n) is 2.24. The molecule has 0 spiro atoms. The minimum Gasteiger partial charge on any atom is -0.257 e. The van der Waals surface area contributed by atoms with Crippen molar-refractivity contribution in [2.45, 2.75) is 13.3 Å². The molecule has 2 aromatic heterocycles. The van der Waals surface area contributed by atoms with Crippen molar-refractivity contribution in [2.24, 2.45) is 0 Å². The van der Waals surface area contributed by atoms with Gasteiger partial charge in [-0.1, -0.05) is 6.92 Å². The van der Waals surface area contributed by atoms with E-state index in [4.69, 9.17) is 5.26 Å². The zero-order chi connectivity index (χ0) is 11.4. The largest absolute Gasteiger partial charge is 0.257 e. The summed E-state index contributed by atoms with van der Waals surface area (Å²) in [6.07, 6.45) is 5.68. The molecule has 0 atom stereocenters. The Morgan fingerprint density at radius 2 is 2.00 bits per heavy atom. The predicted molar refractivity (Wildman–Crippen MR) is 59.4 cm³/mol. The topological polar surface area (TPSA) is 62.5 Å².